The number of ketones is 1. The summed E-state index contributed by atoms with van der Waals surface area (Å²) in [5, 5.41) is 12.4. The molecule has 0 unspecified atom stereocenters. The molecule has 3 aromatic rings. The number of guanidine groups is 1. The third-order valence-electron chi connectivity index (χ3n) is 4.36. The first-order chi connectivity index (χ1) is 15.3. The predicted octanol–water partition coefficient (Wildman–Crippen LogP) is 4.21. The average molecular weight is 489 g/mol. The average Bonchev–Trinajstić information content (AvgIpc) is 3.18. The fourth-order valence-electron chi connectivity index (χ4n) is 2.88. The maximum Gasteiger partial charge on any atom is 0.316 e. The Balaban J connectivity index is 1.97. The summed E-state index contributed by atoms with van der Waals surface area (Å²) in [5.74, 6) is -0.619. The Morgan fingerprint density at radius 1 is 1.09 bits per heavy atom. The molecular formula is C22H16Cl2N3O4S. The molecule has 0 spiro atoms. The second kappa shape index (κ2) is 10.4. The summed E-state index contributed by atoms with van der Waals surface area (Å²) < 4.78 is 5.13. The molecule has 1 heterocycles. The van der Waals surface area contributed by atoms with E-state index < -0.39 is 11.9 Å². The van der Waals surface area contributed by atoms with E-state index in [9.17, 15) is 14.4 Å². The van der Waals surface area contributed by atoms with Gasteiger partial charge in [-0.25, -0.2) is 0 Å². The zero-order chi connectivity index (χ0) is 23.3. The van der Waals surface area contributed by atoms with Gasteiger partial charge in [-0.3, -0.25) is 30.4 Å². The number of carbonyl (C=O) groups excluding carboxylic acids is 3. The molecule has 0 saturated heterocycles. The number of benzene rings is 2. The highest BCUT2D eigenvalue weighted by Crippen LogP contribution is 2.37. The van der Waals surface area contributed by atoms with E-state index in [0.717, 1.165) is 0 Å². The third-order valence-corrected chi connectivity index (χ3v) is 6.32. The van der Waals surface area contributed by atoms with Gasteiger partial charge >= 0.3 is 6.41 Å². The van der Waals surface area contributed by atoms with E-state index in [1.807, 2.05) is 5.32 Å². The summed E-state index contributed by atoms with van der Waals surface area (Å²) >= 11 is 13.4. The summed E-state index contributed by atoms with van der Waals surface area (Å²) in [5.41, 5.74) is 1.72. The SMILES string of the molecule is COc1ccc(C(=O)c2cc(CC(=O)NC(=N)N[C]=O)c(-c3ccc(Cl)c(Cl)c3)s2)cc1. The van der Waals surface area contributed by atoms with Crippen LogP contribution in [-0.2, 0) is 16.0 Å². The van der Waals surface area contributed by atoms with Crippen LogP contribution in [0.5, 0.6) is 5.75 Å². The molecule has 2 amide bonds. The molecule has 163 valence electrons. The first-order valence-corrected chi connectivity index (χ1v) is 10.7. The number of thiophene rings is 1. The molecule has 0 atom stereocenters. The summed E-state index contributed by atoms with van der Waals surface area (Å²) in [6.45, 7) is 0. The largest absolute Gasteiger partial charge is 0.497 e. The van der Waals surface area contributed by atoms with Crippen LogP contribution in [0.1, 0.15) is 20.8 Å². The Kier molecular flexibility index (Phi) is 7.63. The van der Waals surface area contributed by atoms with Crippen molar-refractivity contribution >= 4 is 58.6 Å². The van der Waals surface area contributed by atoms with Crippen molar-refractivity contribution in [2.45, 2.75) is 6.42 Å². The minimum absolute atomic E-state index is 0.134. The molecule has 7 nitrogen and oxygen atoms in total. The van der Waals surface area contributed by atoms with E-state index in [1.165, 1.54) is 17.7 Å². The van der Waals surface area contributed by atoms with Gasteiger partial charge in [0.1, 0.15) is 5.75 Å². The van der Waals surface area contributed by atoms with Gasteiger partial charge in [-0.1, -0.05) is 29.3 Å². The lowest BCUT2D eigenvalue weighted by atomic mass is 10.0. The molecular weight excluding hydrogens is 473 g/mol. The first kappa shape index (κ1) is 23.5. The molecule has 32 heavy (non-hydrogen) atoms. The quantitative estimate of drug-likeness (QED) is 0.200. The Morgan fingerprint density at radius 3 is 2.44 bits per heavy atom. The minimum atomic E-state index is -0.541. The highest BCUT2D eigenvalue weighted by Gasteiger charge is 2.20. The second-order valence-electron chi connectivity index (χ2n) is 6.48. The van der Waals surface area contributed by atoms with Crippen molar-refractivity contribution in [3.05, 3.63) is 74.6 Å². The van der Waals surface area contributed by atoms with Gasteiger partial charge in [0.15, 0.2) is 0 Å². The molecule has 0 aliphatic rings. The number of methoxy groups -OCH3 is 1. The summed E-state index contributed by atoms with van der Waals surface area (Å²) in [6, 6.07) is 13.4. The molecule has 1 radical (unpaired) electrons. The Bertz CT molecular complexity index is 1190. The summed E-state index contributed by atoms with van der Waals surface area (Å²) in [7, 11) is 1.54. The van der Waals surface area contributed by atoms with Crippen LogP contribution in [0.15, 0.2) is 48.5 Å². The Labute approximate surface area is 197 Å². The van der Waals surface area contributed by atoms with Crippen molar-refractivity contribution in [2.75, 3.05) is 7.11 Å². The molecule has 3 rings (SSSR count). The van der Waals surface area contributed by atoms with Gasteiger partial charge < -0.3 is 4.74 Å². The molecule has 0 saturated carbocycles. The van der Waals surface area contributed by atoms with E-state index >= 15 is 0 Å². The fourth-order valence-corrected chi connectivity index (χ4v) is 4.31. The minimum Gasteiger partial charge on any atom is -0.497 e. The van der Waals surface area contributed by atoms with Gasteiger partial charge in [-0.2, -0.15) is 0 Å². The number of nitrogens with one attached hydrogen (secondary N) is 3. The van der Waals surface area contributed by atoms with Crippen molar-refractivity contribution in [2.24, 2.45) is 0 Å². The zero-order valence-corrected chi connectivity index (χ0v) is 19.0. The van der Waals surface area contributed by atoms with Crippen LogP contribution in [0.25, 0.3) is 10.4 Å². The van der Waals surface area contributed by atoms with Gasteiger partial charge in [0.05, 0.1) is 28.5 Å². The van der Waals surface area contributed by atoms with Gasteiger partial charge in [-0.05, 0) is 53.6 Å². The van der Waals surface area contributed by atoms with E-state index in [1.54, 1.807) is 55.6 Å². The summed E-state index contributed by atoms with van der Waals surface area (Å²) in [4.78, 5) is 36.8. The fraction of sp³-hybridized carbons (Fsp3) is 0.0909. The van der Waals surface area contributed by atoms with Crippen LogP contribution < -0.4 is 15.4 Å². The summed E-state index contributed by atoms with van der Waals surface area (Å²) in [6.07, 6.45) is 1.18. The molecule has 0 aliphatic carbocycles. The van der Waals surface area contributed by atoms with Crippen LogP contribution in [0.2, 0.25) is 10.0 Å². The van der Waals surface area contributed by atoms with E-state index in [4.69, 9.17) is 33.3 Å². The number of halogens is 2. The molecule has 10 heteroatoms. The van der Waals surface area contributed by atoms with Gasteiger partial charge in [0.25, 0.3) is 0 Å². The van der Waals surface area contributed by atoms with Gasteiger partial charge in [-0.15, -0.1) is 11.3 Å². The van der Waals surface area contributed by atoms with E-state index in [2.05, 4.69) is 5.32 Å². The van der Waals surface area contributed by atoms with Crippen LogP contribution in [0.3, 0.4) is 0 Å². The molecule has 1 aromatic heterocycles. The molecule has 0 bridgehead atoms. The van der Waals surface area contributed by atoms with Crippen molar-refractivity contribution in [3.63, 3.8) is 0 Å². The standard InChI is InChI=1S/C22H16Cl2N3O4S/c1-31-15-5-2-12(3-6-15)20(30)18-9-14(10-19(29)27-22(25)26-11-28)21(32-18)13-4-7-16(23)17(24)8-13/h2-9H,10H2,1H3,(H3,25,26,27,28,29). The Morgan fingerprint density at radius 2 is 1.81 bits per heavy atom. The normalized spacial score (nSPS) is 10.3. The lowest BCUT2D eigenvalue weighted by molar-refractivity contribution is -0.119. The topological polar surface area (TPSA) is 108 Å². The van der Waals surface area contributed by atoms with Gasteiger partial charge in [0, 0.05) is 10.4 Å². The molecule has 3 N–H and O–H groups in total. The lowest BCUT2D eigenvalue weighted by Gasteiger charge is -2.07. The van der Waals surface area contributed by atoms with E-state index in [0.29, 0.717) is 42.2 Å². The van der Waals surface area contributed by atoms with Crippen LogP contribution >= 0.6 is 34.5 Å². The number of ether oxygens (including phenoxy) is 1. The monoisotopic (exact) mass is 488 g/mol. The maximum absolute atomic E-state index is 13.0. The Hall–Kier alpha value is -3.20. The number of amides is 2. The number of carbonyl (C=O) groups is 2. The molecule has 0 aliphatic heterocycles. The van der Waals surface area contributed by atoms with Crippen LogP contribution in [-0.4, -0.2) is 31.2 Å². The second-order valence-corrected chi connectivity index (χ2v) is 8.35. The lowest BCUT2D eigenvalue weighted by Crippen LogP contribution is -2.40. The third kappa shape index (κ3) is 5.53. The highest BCUT2D eigenvalue weighted by molar-refractivity contribution is 7.17. The predicted molar refractivity (Wildman–Crippen MR) is 125 cm³/mol. The highest BCUT2D eigenvalue weighted by atomic mass is 35.5. The number of hydrogen-bond acceptors (Lipinski definition) is 6. The van der Waals surface area contributed by atoms with Gasteiger partial charge in [0.2, 0.25) is 17.6 Å². The maximum atomic E-state index is 13.0. The first-order valence-electron chi connectivity index (χ1n) is 9.10. The van der Waals surface area contributed by atoms with Crippen molar-refractivity contribution in [1.29, 1.82) is 5.41 Å². The van der Waals surface area contributed by atoms with Crippen LogP contribution in [0, 0.1) is 5.41 Å². The molecule has 2 aromatic carbocycles. The smallest absolute Gasteiger partial charge is 0.316 e. The zero-order valence-electron chi connectivity index (χ0n) is 16.6. The number of hydrogen-bond donors (Lipinski definition) is 3. The van der Waals surface area contributed by atoms with Crippen LogP contribution in [0.4, 0.5) is 0 Å². The number of rotatable bonds is 7. The molecule has 0 fully saturated rings. The van der Waals surface area contributed by atoms with Crippen molar-refractivity contribution in [1.82, 2.24) is 10.6 Å². The van der Waals surface area contributed by atoms with E-state index in [-0.39, 0.29) is 12.2 Å². The van der Waals surface area contributed by atoms with Crippen molar-refractivity contribution in [3.8, 4) is 16.2 Å². The van der Waals surface area contributed by atoms with Crippen molar-refractivity contribution < 1.29 is 19.1 Å².